The van der Waals surface area contributed by atoms with Gasteiger partial charge in [-0.15, -0.1) is 0 Å². The zero-order chi connectivity index (χ0) is 37.5. The lowest BCUT2D eigenvalue weighted by Gasteiger charge is -2.42. The van der Waals surface area contributed by atoms with E-state index in [0.717, 1.165) is 24.3 Å². The van der Waals surface area contributed by atoms with Gasteiger partial charge in [-0.1, -0.05) is 154 Å². The molecule has 0 saturated heterocycles. The fourth-order valence-corrected chi connectivity index (χ4v) is 10.2. The summed E-state index contributed by atoms with van der Waals surface area (Å²) in [5.74, 6) is 0. The maximum atomic E-state index is 14.8. The molecule has 8 aromatic carbocycles. The second-order valence-corrected chi connectivity index (χ2v) is 17.7. The van der Waals surface area contributed by atoms with E-state index in [9.17, 15) is 38.9 Å². The molecule has 9 rings (SSSR count). The molecule has 0 radical (unpaired) electrons. The van der Waals surface area contributed by atoms with Crippen molar-refractivity contribution in [1.29, 1.82) is 0 Å². The van der Waals surface area contributed by atoms with Crippen LogP contribution in [0.4, 0.5) is 38.9 Å². The zero-order valence-corrected chi connectivity index (χ0v) is 28.3. The summed E-state index contributed by atoms with van der Waals surface area (Å²) in [6.45, 7) is 0. The van der Waals surface area contributed by atoms with Gasteiger partial charge >= 0.3 is 20.4 Å². The third-order valence-corrected chi connectivity index (χ3v) is 12.0. The molecule has 270 valence electrons. The number of hydrogen-bond donors (Lipinski definition) is 0. The number of furan rings is 1. The summed E-state index contributed by atoms with van der Waals surface area (Å²) in [4.78, 5) is -3.97. The van der Waals surface area contributed by atoms with Crippen LogP contribution in [0.25, 0.3) is 87.3 Å². The average molecular weight is 773 g/mol. The molecular weight excluding hydrogens is 751 g/mol. The summed E-state index contributed by atoms with van der Waals surface area (Å²) in [5.41, 5.74) is 1.78. The fourth-order valence-electron chi connectivity index (χ4n) is 7.80. The first-order valence-corrected chi connectivity index (χ1v) is 19.8. The van der Waals surface area contributed by atoms with Crippen molar-refractivity contribution in [2.45, 2.75) is 9.79 Å². The standard InChI is InChI=1S/C40H22F10OS2/c41-52(42,43,44,45)39-28-14-5-1-10-24(28)36(25-11-2-6-15-29(25)39)23-20-21-34-33(22-23)38-32(18-9-19-35(38)51-34)37-26-12-3-7-16-30(26)40(53(46,47,48,49)50)31-17-8-4-13-27(31)37/h1-22H. The Labute approximate surface area is 293 Å². The van der Waals surface area contributed by atoms with Gasteiger partial charge in [-0.25, -0.2) is 0 Å². The molecule has 1 heterocycles. The van der Waals surface area contributed by atoms with Crippen LogP contribution in [-0.2, 0) is 0 Å². The Balaban J connectivity index is 1.41. The van der Waals surface area contributed by atoms with Crippen molar-refractivity contribution < 1.29 is 43.3 Å². The van der Waals surface area contributed by atoms with Crippen molar-refractivity contribution in [3.63, 3.8) is 0 Å². The molecule has 0 spiro atoms. The van der Waals surface area contributed by atoms with Crippen LogP contribution in [0.5, 0.6) is 0 Å². The Hall–Kier alpha value is -5.40. The van der Waals surface area contributed by atoms with Crippen molar-refractivity contribution in [3.8, 4) is 22.3 Å². The molecule has 0 aliphatic rings. The minimum atomic E-state index is -10.3. The van der Waals surface area contributed by atoms with E-state index in [2.05, 4.69) is 0 Å². The molecule has 0 N–H and O–H groups in total. The predicted molar refractivity (Wildman–Crippen MR) is 197 cm³/mol. The highest BCUT2D eigenvalue weighted by Gasteiger charge is 2.68. The summed E-state index contributed by atoms with van der Waals surface area (Å²) in [6.07, 6.45) is 0. The lowest BCUT2D eigenvalue weighted by Crippen LogP contribution is -2.08. The van der Waals surface area contributed by atoms with Gasteiger partial charge in [0.15, 0.2) is 0 Å². The normalized spacial score (nSPS) is 15.6. The van der Waals surface area contributed by atoms with Gasteiger partial charge < -0.3 is 4.42 Å². The molecule has 0 unspecified atom stereocenters. The Kier molecular flexibility index (Phi) is 5.92. The first-order chi connectivity index (χ1) is 24.6. The summed E-state index contributed by atoms with van der Waals surface area (Å²) in [5, 5.41) is -2.26. The second-order valence-electron chi connectivity index (χ2n) is 13.0. The quantitative estimate of drug-likeness (QED) is 0.128. The number of fused-ring (bicyclic) bond motifs is 7. The van der Waals surface area contributed by atoms with Crippen molar-refractivity contribution in [2.75, 3.05) is 0 Å². The molecule has 0 aliphatic carbocycles. The van der Waals surface area contributed by atoms with Gasteiger partial charge in [-0.05, 0) is 62.0 Å². The molecule has 0 atom stereocenters. The predicted octanol–water partition coefficient (Wildman–Crippen LogP) is 16.8. The van der Waals surface area contributed by atoms with E-state index in [1.165, 1.54) is 72.8 Å². The van der Waals surface area contributed by atoms with E-state index < -0.39 is 51.8 Å². The summed E-state index contributed by atoms with van der Waals surface area (Å²) < 4.78 is 154. The minimum Gasteiger partial charge on any atom is -0.456 e. The van der Waals surface area contributed by atoms with E-state index in [1.807, 2.05) is 0 Å². The lowest BCUT2D eigenvalue weighted by molar-refractivity contribution is 0.363. The van der Waals surface area contributed by atoms with Crippen LogP contribution in [0.15, 0.2) is 148 Å². The second kappa shape index (κ2) is 9.39. The van der Waals surface area contributed by atoms with Gasteiger partial charge in [0.1, 0.15) is 21.0 Å². The molecule has 0 aliphatic heterocycles. The number of halogens is 10. The highest BCUT2D eigenvalue weighted by molar-refractivity contribution is 8.46. The van der Waals surface area contributed by atoms with Crippen LogP contribution < -0.4 is 0 Å². The fraction of sp³-hybridized carbons (Fsp3) is 0. The number of rotatable bonds is 4. The van der Waals surface area contributed by atoms with Crippen LogP contribution in [0.3, 0.4) is 0 Å². The molecule has 13 heteroatoms. The van der Waals surface area contributed by atoms with Crippen LogP contribution >= 0.6 is 20.4 Å². The first-order valence-electron chi connectivity index (χ1n) is 15.9. The topological polar surface area (TPSA) is 13.1 Å². The summed E-state index contributed by atoms with van der Waals surface area (Å²) >= 11 is 0. The van der Waals surface area contributed by atoms with Gasteiger partial charge in [0.05, 0.1) is 0 Å². The monoisotopic (exact) mass is 772 g/mol. The Bertz CT molecular complexity index is 2970. The van der Waals surface area contributed by atoms with Gasteiger partial charge in [-0.2, -0.15) is 0 Å². The molecule has 0 bridgehead atoms. The van der Waals surface area contributed by atoms with E-state index in [0.29, 0.717) is 33.1 Å². The Morgan fingerprint density at radius 1 is 0.340 bits per heavy atom. The third-order valence-electron chi connectivity index (χ3n) is 9.59. The summed E-state index contributed by atoms with van der Waals surface area (Å²) in [6, 6.07) is 29.9. The van der Waals surface area contributed by atoms with Crippen molar-refractivity contribution in [1.82, 2.24) is 0 Å². The largest absolute Gasteiger partial charge is 0.456 e. The molecule has 0 saturated carbocycles. The average Bonchev–Trinajstić information content (AvgIpc) is 3.45. The molecule has 0 fully saturated rings. The van der Waals surface area contributed by atoms with E-state index in [1.54, 1.807) is 36.4 Å². The molecule has 1 aromatic heterocycles. The minimum absolute atomic E-state index is 0.0783. The van der Waals surface area contributed by atoms with Crippen LogP contribution in [0.1, 0.15) is 0 Å². The molecule has 9 aromatic rings. The van der Waals surface area contributed by atoms with Gasteiger partial charge in [0.2, 0.25) is 0 Å². The number of hydrogen-bond acceptors (Lipinski definition) is 1. The Morgan fingerprint density at radius 2 is 0.736 bits per heavy atom. The SMILES string of the molecule is FS(F)(F)(F)(F)c1c2ccccc2c(-c2ccc3oc4cccc(-c5c6ccccc6c(S(F)(F)(F)(F)F)c6ccccc56)c4c3c2)c2ccccc12. The number of benzene rings is 8. The van der Waals surface area contributed by atoms with Gasteiger partial charge in [0.25, 0.3) is 0 Å². The van der Waals surface area contributed by atoms with Crippen molar-refractivity contribution >= 4 is 85.5 Å². The molecule has 53 heavy (non-hydrogen) atoms. The molecule has 1 nitrogen and oxygen atoms in total. The first kappa shape index (κ1) is 33.4. The molecular formula is C40H22F10OS2. The smallest absolute Gasteiger partial charge is 0.311 e. The lowest BCUT2D eigenvalue weighted by atomic mass is 9.88. The van der Waals surface area contributed by atoms with Crippen LogP contribution in [0, 0.1) is 0 Å². The van der Waals surface area contributed by atoms with Crippen LogP contribution in [0.2, 0.25) is 0 Å². The summed E-state index contributed by atoms with van der Waals surface area (Å²) in [7, 11) is -20.5. The Morgan fingerprint density at radius 3 is 1.15 bits per heavy atom. The zero-order valence-electron chi connectivity index (χ0n) is 26.7. The van der Waals surface area contributed by atoms with Crippen molar-refractivity contribution in [2.24, 2.45) is 0 Å². The van der Waals surface area contributed by atoms with E-state index in [-0.39, 0.29) is 32.7 Å². The highest BCUT2D eigenvalue weighted by Crippen LogP contribution is 3.04. The maximum Gasteiger partial charge on any atom is 0.311 e. The van der Waals surface area contributed by atoms with E-state index in [4.69, 9.17) is 4.42 Å². The molecule has 0 amide bonds. The van der Waals surface area contributed by atoms with Crippen LogP contribution in [-0.4, -0.2) is 0 Å². The maximum absolute atomic E-state index is 14.8. The highest BCUT2D eigenvalue weighted by atomic mass is 32.5. The van der Waals surface area contributed by atoms with E-state index >= 15 is 0 Å². The van der Waals surface area contributed by atoms with Crippen molar-refractivity contribution in [3.05, 3.63) is 133 Å². The van der Waals surface area contributed by atoms with Gasteiger partial charge in [0, 0.05) is 32.3 Å². The van der Waals surface area contributed by atoms with Gasteiger partial charge in [-0.3, -0.25) is 0 Å². The third kappa shape index (κ3) is 5.19.